The average Bonchev–Trinajstić information content (AvgIpc) is 3.31. The van der Waals surface area contributed by atoms with E-state index in [4.69, 9.17) is 4.74 Å². The van der Waals surface area contributed by atoms with Crippen molar-refractivity contribution in [3.8, 4) is 11.5 Å². The number of aromatic hydroxyl groups is 1. The highest BCUT2D eigenvalue weighted by molar-refractivity contribution is 5.92. The SMILES string of the molecule is COc1ccc(N(NCCc2c[nH]c3ccc(O)cc23)C(=O)CCCCCCc2ccccc2)cc1. The van der Waals surface area contributed by atoms with Crippen LogP contribution in [0.15, 0.2) is 79.0 Å². The first-order chi connectivity index (χ1) is 17.6. The van der Waals surface area contributed by atoms with Gasteiger partial charge < -0.3 is 14.8 Å². The Labute approximate surface area is 212 Å². The van der Waals surface area contributed by atoms with Gasteiger partial charge in [-0.1, -0.05) is 43.2 Å². The number of hydrazine groups is 1. The molecule has 36 heavy (non-hydrogen) atoms. The molecule has 3 N–H and O–H groups in total. The molecule has 0 fully saturated rings. The lowest BCUT2D eigenvalue weighted by Crippen LogP contribution is -2.44. The zero-order valence-corrected chi connectivity index (χ0v) is 20.9. The number of carbonyl (C=O) groups is 1. The molecule has 1 amide bonds. The van der Waals surface area contributed by atoms with Gasteiger partial charge in [0.25, 0.3) is 0 Å². The number of hydrogen-bond donors (Lipinski definition) is 3. The number of ether oxygens (including phenoxy) is 1. The maximum absolute atomic E-state index is 13.2. The van der Waals surface area contributed by atoms with E-state index in [1.54, 1.807) is 24.3 Å². The molecule has 0 aliphatic rings. The van der Waals surface area contributed by atoms with E-state index < -0.39 is 0 Å². The van der Waals surface area contributed by atoms with Crippen LogP contribution in [-0.2, 0) is 17.6 Å². The maximum Gasteiger partial charge on any atom is 0.241 e. The number of anilines is 1. The summed E-state index contributed by atoms with van der Waals surface area (Å²) >= 11 is 0. The zero-order chi connectivity index (χ0) is 25.2. The minimum absolute atomic E-state index is 0.0554. The fourth-order valence-corrected chi connectivity index (χ4v) is 4.45. The van der Waals surface area contributed by atoms with E-state index in [-0.39, 0.29) is 11.7 Å². The van der Waals surface area contributed by atoms with Crippen LogP contribution in [-0.4, -0.2) is 29.7 Å². The summed E-state index contributed by atoms with van der Waals surface area (Å²) in [5.41, 5.74) is 7.57. The average molecular weight is 486 g/mol. The van der Waals surface area contributed by atoms with Gasteiger partial charge in [0, 0.05) is 30.1 Å². The van der Waals surface area contributed by atoms with Gasteiger partial charge in [0.2, 0.25) is 5.91 Å². The van der Waals surface area contributed by atoms with Crippen molar-refractivity contribution in [3.63, 3.8) is 0 Å². The number of methoxy groups -OCH3 is 1. The van der Waals surface area contributed by atoms with E-state index in [2.05, 4.69) is 34.7 Å². The Kier molecular flexibility index (Phi) is 9.00. The van der Waals surface area contributed by atoms with Crippen LogP contribution in [0.3, 0.4) is 0 Å². The first kappa shape index (κ1) is 25.3. The Morgan fingerprint density at radius 3 is 2.50 bits per heavy atom. The monoisotopic (exact) mass is 485 g/mol. The number of nitrogens with one attached hydrogen (secondary N) is 2. The number of phenols is 1. The lowest BCUT2D eigenvalue weighted by atomic mass is 10.1. The second kappa shape index (κ2) is 12.8. The normalized spacial score (nSPS) is 11.0. The summed E-state index contributed by atoms with van der Waals surface area (Å²) in [6.07, 6.45) is 8.40. The second-order valence-electron chi connectivity index (χ2n) is 9.03. The molecule has 0 aliphatic heterocycles. The van der Waals surface area contributed by atoms with Gasteiger partial charge in [0.1, 0.15) is 11.5 Å². The molecule has 0 spiro atoms. The van der Waals surface area contributed by atoms with E-state index in [1.807, 2.05) is 42.6 Å². The number of H-pyrrole nitrogens is 1. The van der Waals surface area contributed by atoms with Gasteiger partial charge in [0.15, 0.2) is 0 Å². The number of carbonyl (C=O) groups excluding carboxylic acids is 1. The summed E-state index contributed by atoms with van der Waals surface area (Å²) in [5.74, 6) is 1.05. The number of aromatic nitrogens is 1. The molecule has 3 aromatic carbocycles. The van der Waals surface area contributed by atoms with E-state index >= 15 is 0 Å². The Hall–Kier alpha value is -3.77. The van der Waals surface area contributed by atoms with Gasteiger partial charge in [-0.3, -0.25) is 4.79 Å². The number of aromatic amines is 1. The molecule has 1 heterocycles. The van der Waals surface area contributed by atoms with Crippen LogP contribution >= 0.6 is 0 Å². The summed E-state index contributed by atoms with van der Waals surface area (Å²) in [6.45, 7) is 0.581. The molecule has 0 saturated heterocycles. The number of benzene rings is 3. The number of fused-ring (bicyclic) bond motifs is 1. The van der Waals surface area contributed by atoms with Crippen molar-refractivity contribution in [3.05, 3.63) is 90.1 Å². The molecule has 0 atom stereocenters. The van der Waals surface area contributed by atoms with Crippen molar-refractivity contribution < 1.29 is 14.6 Å². The third-order valence-corrected chi connectivity index (χ3v) is 6.44. The van der Waals surface area contributed by atoms with Gasteiger partial charge in [0.05, 0.1) is 12.8 Å². The van der Waals surface area contributed by atoms with Crippen molar-refractivity contribution in [2.24, 2.45) is 0 Å². The molecule has 1 aromatic heterocycles. The summed E-state index contributed by atoms with van der Waals surface area (Å²) in [6, 6.07) is 23.4. The molecule has 0 unspecified atom stereocenters. The number of unbranched alkanes of at least 4 members (excludes halogenated alkanes) is 3. The van der Waals surface area contributed by atoms with Crippen LogP contribution < -0.4 is 15.2 Å². The fraction of sp³-hybridized carbons (Fsp3) is 0.300. The van der Waals surface area contributed by atoms with Gasteiger partial charge in [-0.15, -0.1) is 0 Å². The molecular weight excluding hydrogens is 450 g/mol. The molecule has 0 bridgehead atoms. The van der Waals surface area contributed by atoms with Crippen LogP contribution in [0.2, 0.25) is 0 Å². The van der Waals surface area contributed by atoms with Crippen LogP contribution in [0.4, 0.5) is 5.69 Å². The Balaban J connectivity index is 1.31. The van der Waals surface area contributed by atoms with Crippen LogP contribution in [0.5, 0.6) is 11.5 Å². The quantitative estimate of drug-likeness (QED) is 0.157. The number of aryl methyl sites for hydroxylation is 1. The van der Waals surface area contributed by atoms with Crippen molar-refractivity contribution in [1.82, 2.24) is 10.4 Å². The first-order valence-corrected chi connectivity index (χ1v) is 12.7. The van der Waals surface area contributed by atoms with Crippen LogP contribution in [0.1, 0.15) is 43.2 Å². The highest BCUT2D eigenvalue weighted by Gasteiger charge is 2.16. The molecule has 0 saturated carbocycles. The third-order valence-electron chi connectivity index (χ3n) is 6.44. The molecule has 0 aliphatic carbocycles. The number of phenolic OH excluding ortho intramolecular Hbond substituents is 1. The number of amides is 1. The highest BCUT2D eigenvalue weighted by Crippen LogP contribution is 2.24. The topological polar surface area (TPSA) is 77.6 Å². The standard InChI is InChI=1S/C30H35N3O3/c1-36-27-16-13-25(14-17-27)33(30(35)12-8-3-2-5-9-23-10-6-4-7-11-23)32-20-19-24-22-31-29-18-15-26(34)21-28(24)29/h4,6-7,10-11,13-18,21-22,31-32,34H,2-3,5,8-9,12,19-20H2,1H3. The summed E-state index contributed by atoms with van der Waals surface area (Å²) < 4.78 is 5.28. The largest absolute Gasteiger partial charge is 0.508 e. The molecule has 6 nitrogen and oxygen atoms in total. The first-order valence-electron chi connectivity index (χ1n) is 12.7. The van der Waals surface area contributed by atoms with E-state index in [0.29, 0.717) is 19.4 Å². The Morgan fingerprint density at radius 1 is 0.944 bits per heavy atom. The van der Waals surface area contributed by atoms with E-state index in [9.17, 15) is 9.90 Å². The second-order valence-corrected chi connectivity index (χ2v) is 9.03. The van der Waals surface area contributed by atoms with Gasteiger partial charge in [-0.2, -0.15) is 0 Å². The molecular formula is C30H35N3O3. The van der Waals surface area contributed by atoms with Crippen molar-refractivity contribution in [2.75, 3.05) is 18.7 Å². The maximum atomic E-state index is 13.2. The van der Waals surface area contributed by atoms with Gasteiger partial charge in [-0.25, -0.2) is 10.4 Å². The fourth-order valence-electron chi connectivity index (χ4n) is 4.45. The highest BCUT2D eigenvalue weighted by atomic mass is 16.5. The van der Waals surface area contributed by atoms with Crippen LogP contribution in [0, 0.1) is 0 Å². The van der Waals surface area contributed by atoms with Gasteiger partial charge >= 0.3 is 0 Å². The molecule has 6 heteroatoms. The number of hydrogen-bond acceptors (Lipinski definition) is 4. The lowest BCUT2D eigenvalue weighted by Gasteiger charge is -2.24. The van der Waals surface area contributed by atoms with Crippen molar-refractivity contribution >= 4 is 22.5 Å². The lowest BCUT2D eigenvalue weighted by molar-refractivity contribution is -0.119. The summed E-state index contributed by atoms with van der Waals surface area (Å²) in [7, 11) is 1.63. The molecule has 4 rings (SSSR count). The summed E-state index contributed by atoms with van der Waals surface area (Å²) in [5, 5.41) is 12.5. The van der Waals surface area contributed by atoms with E-state index in [0.717, 1.165) is 60.0 Å². The summed E-state index contributed by atoms with van der Waals surface area (Å²) in [4.78, 5) is 16.4. The zero-order valence-electron chi connectivity index (χ0n) is 20.9. The van der Waals surface area contributed by atoms with Crippen molar-refractivity contribution in [2.45, 2.75) is 44.9 Å². The van der Waals surface area contributed by atoms with E-state index in [1.165, 1.54) is 5.56 Å². The number of rotatable bonds is 13. The minimum atomic E-state index is 0.0554. The van der Waals surface area contributed by atoms with Crippen molar-refractivity contribution in [1.29, 1.82) is 0 Å². The predicted octanol–water partition coefficient (Wildman–Crippen LogP) is 6.16. The van der Waals surface area contributed by atoms with Crippen LogP contribution in [0.25, 0.3) is 10.9 Å². The molecule has 188 valence electrons. The molecule has 0 radical (unpaired) electrons. The Bertz CT molecular complexity index is 1240. The smallest absolute Gasteiger partial charge is 0.241 e. The van der Waals surface area contributed by atoms with Gasteiger partial charge in [-0.05, 0) is 79.3 Å². The predicted molar refractivity (Wildman–Crippen MR) is 145 cm³/mol. The Morgan fingerprint density at radius 2 is 1.72 bits per heavy atom. The minimum Gasteiger partial charge on any atom is -0.508 e. The molecule has 4 aromatic rings. The number of nitrogens with zero attached hydrogens (tertiary/aromatic N) is 1. The third kappa shape index (κ3) is 6.89.